The summed E-state index contributed by atoms with van der Waals surface area (Å²) in [5.41, 5.74) is 0.616. The Kier molecular flexibility index (Phi) is 5.00. The number of nitrogens with zero attached hydrogens (tertiary/aromatic N) is 1. The van der Waals surface area contributed by atoms with E-state index in [0.717, 1.165) is 5.39 Å². The number of furan rings is 1. The normalized spacial score (nSPS) is 14.6. The molecular formula is C17H20N2O5. The van der Waals surface area contributed by atoms with E-state index in [1.54, 1.807) is 36.3 Å². The predicted molar refractivity (Wildman–Crippen MR) is 87.1 cm³/mol. The van der Waals surface area contributed by atoms with E-state index in [4.69, 9.17) is 13.9 Å². The molecule has 0 saturated carbocycles. The second-order valence-corrected chi connectivity index (χ2v) is 5.51. The van der Waals surface area contributed by atoms with Gasteiger partial charge in [-0.3, -0.25) is 9.59 Å². The summed E-state index contributed by atoms with van der Waals surface area (Å²) in [5.74, 6) is 0.608. The standard InChI is InChI=1S/C17H20N2O5/c1-22-13-2-3-14-12(10-13)11-15(24-14)17(21)18-5-4-16(20)19-6-8-23-9-7-19/h2-3,10-11H,4-9H2,1H3,(H,18,21). The number of hydrogen-bond donors (Lipinski definition) is 1. The third kappa shape index (κ3) is 3.68. The van der Waals surface area contributed by atoms with Gasteiger partial charge in [0.05, 0.1) is 20.3 Å². The van der Waals surface area contributed by atoms with Crippen molar-refractivity contribution in [1.82, 2.24) is 10.2 Å². The number of carbonyl (C=O) groups is 2. The van der Waals surface area contributed by atoms with Gasteiger partial charge in [0, 0.05) is 31.4 Å². The molecule has 0 spiro atoms. The van der Waals surface area contributed by atoms with Crippen molar-refractivity contribution in [3.8, 4) is 5.75 Å². The fraction of sp³-hybridized carbons (Fsp3) is 0.412. The Morgan fingerprint density at radius 3 is 2.79 bits per heavy atom. The number of rotatable bonds is 5. The molecule has 0 aliphatic carbocycles. The van der Waals surface area contributed by atoms with Crippen LogP contribution in [0.25, 0.3) is 11.0 Å². The number of carbonyl (C=O) groups excluding carboxylic acids is 2. The first kappa shape index (κ1) is 16.3. The third-order valence-electron chi connectivity index (χ3n) is 3.94. The van der Waals surface area contributed by atoms with Crippen molar-refractivity contribution in [2.75, 3.05) is 40.0 Å². The van der Waals surface area contributed by atoms with Gasteiger partial charge in [0.1, 0.15) is 11.3 Å². The molecule has 24 heavy (non-hydrogen) atoms. The summed E-state index contributed by atoms with van der Waals surface area (Å²) in [6, 6.07) is 7.00. The van der Waals surface area contributed by atoms with Crippen molar-refractivity contribution >= 4 is 22.8 Å². The summed E-state index contributed by atoms with van der Waals surface area (Å²) < 4.78 is 15.9. The molecule has 2 amide bonds. The predicted octanol–water partition coefficient (Wildman–Crippen LogP) is 1.42. The van der Waals surface area contributed by atoms with Crippen LogP contribution in [0.2, 0.25) is 0 Å². The average Bonchev–Trinajstić information content (AvgIpc) is 3.05. The zero-order valence-electron chi connectivity index (χ0n) is 13.5. The minimum absolute atomic E-state index is 0.0212. The second-order valence-electron chi connectivity index (χ2n) is 5.51. The molecular weight excluding hydrogens is 312 g/mol. The van der Waals surface area contributed by atoms with Crippen LogP contribution >= 0.6 is 0 Å². The molecule has 3 rings (SSSR count). The molecule has 1 N–H and O–H groups in total. The van der Waals surface area contributed by atoms with E-state index in [2.05, 4.69) is 5.32 Å². The van der Waals surface area contributed by atoms with E-state index >= 15 is 0 Å². The maximum Gasteiger partial charge on any atom is 0.287 e. The Balaban J connectivity index is 1.54. The number of nitrogens with one attached hydrogen (secondary N) is 1. The van der Waals surface area contributed by atoms with Gasteiger partial charge in [0.25, 0.3) is 5.91 Å². The zero-order valence-corrected chi connectivity index (χ0v) is 13.5. The van der Waals surface area contributed by atoms with Gasteiger partial charge in [-0.15, -0.1) is 0 Å². The third-order valence-corrected chi connectivity index (χ3v) is 3.94. The monoisotopic (exact) mass is 332 g/mol. The minimum Gasteiger partial charge on any atom is -0.497 e. The van der Waals surface area contributed by atoms with Crippen LogP contribution in [-0.4, -0.2) is 56.7 Å². The van der Waals surface area contributed by atoms with Crippen molar-refractivity contribution in [2.24, 2.45) is 0 Å². The quantitative estimate of drug-likeness (QED) is 0.895. The lowest BCUT2D eigenvalue weighted by Crippen LogP contribution is -2.42. The smallest absolute Gasteiger partial charge is 0.287 e. The van der Waals surface area contributed by atoms with Crippen LogP contribution in [0.5, 0.6) is 5.75 Å². The summed E-state index contributed by atoms with van der Waals surface area (Å²) in [6.07, 6.45) is 0.264. The number of amides is 2. The van der Waals surface area contributed by atoms with Gasteiger partial charge in [-0.05, 0) is 24.3 Å². The van der Waals surface area contributed by atoms with Gasteiger partial charge in [0.2, 0.25) is 5.91 Å². The zero-order chi connectivity index (χ0) is 16.9. The van der Waals surface area contributed by atoms with Crippen LogP contribution < -0.4 is 10.1 Å². The first-order valence-corrected chi connectivity index (χ1v) is 7.88. The van der Waals surface area contributed by atoms with Crippen molar-refractivity contribution in [2.45, 2.75) is 6.42 Å². The molecule has 1 aromatic carbocycles. The SMILES string of the molecule is COc1ccc2oc(C(=O)NCCC(=O)N3CCOCC3)cc2c1. The Bertz CT molecular complexity index is 734. The molecule has 7 heteroatoms. The average molecular weight is 332 g/mol. The number of benzene rings is 1. The molecule has 0 unspecified atom stereocenters. The van der Waals surface area contributed by atoms with Gasteiger partial charge >= 0.3 is 0 Å². The van der Waals surface area contributed by atoms with Gasteiger partial charge < -0.3 is 24.1 Å². The Hall–Kier alpha value is -2.54. The molecule has 2 heterocycles. The maximum atomic E-state index is 12.1. The topological polar surface area (TPSA) is 81.0 Å². The number of ether oxygens (including phenoxy) is 2. The van der Waals surface area contributed by atoms with E-state index in [1.807, 2.05) is 0 Å². The molecule has 2 aromatic rings. The van der Waals surface area contributed by atoms with Crippen molar-refractivity contribution < 1.29 is 23.5 Å². The van der Waals surface area contributed by atoms with E-state index in [9.17, 15) is 9.59 Å². The number of hydrogen-bond acceptors (Lipinski definition) is 5. The van der Waals surface area contributed by atoms with Crippen LogP contribution in [-0.2, 0) is 9.53 Å². The summed E-state index contributed by atoms with van der Waals surface area (Å²) in [4.78, 5) is 25.9. The highest BCUT2D eigenvalue weighted by molar-refractivity contribution is 5.96. The summed E-state index contributed by atoms with van der Waals surface area (Å²) in [6.45, 7) is 2.63. The van der Waals surface area contributed by atoms with Crippen molar-refractivity contribution in [3.05, 3.63) is 30.0 Å². The molecule has 1 aromatic heterocycles. The molecule has 0 bridgehead atoms. The fourth-order valence-corrected chi connectivity index (χ4v) is 2.60. The second kappa shape index (κ2) is 7.35. The molecule has 1 aliphatic heterocycles. The first-order valence-electron chi connectivity index (χ1n) is 7.88. The summed E-state index contributed by atoms with van der Waals surface area (Å²) >= 11 is 0. The molecule has 128 valence electrons. The van der Waals surface area contributed by atoms with Crippen LogP contribution in [0.1, 0.15) is 17.0 Å². The van der Waals surface area contributed by atoms with Crippen LogP contribution in [0.15, 0.2) is 28.7 Å². The van der Waals surface area contributed by atoms with E-state index in [-0.39, 0.29) is 30.5 Å². The Morgan fingerprint density at radius 2 is 2.04 bits per heavy atom. The highest BCUT2D eigenvalue weighted by Crippen LogP contribution is 2.24. The Labute approximate surface area is 139 Å². The lowest BCUT2D eigenvalue weighted by atomic mass is 10.2. The van der Waals surface area contributed by atoms with Gasteiger partial charge in [-0.1, -0.05) is 0 Å². The van der Waals surface area contributed by atoms with Gasteiger partial charge in [0.15, 0.2) is 5.76 Å². The number of methoxy groups -OCH3 is 1. The van der Waals surface area contributed by atoms with Gasteiger partial charge in [-0.25, -0.2) is 0 Å². The van der Waals surface area contributed by atoms with Gasteiger partial charge in [-0.2, -0.15) is 0 Å². The molecule has 1 fully saturated rings. The maximum absolute atomic E-state index is 12.1. The van der Waals surface area contributed by atoms with Crippen LogP contribution in [0, 0.1) is 0 Å². The summed E-state index contributed by atoms with van der Waals surface area (Å²) in [7, 11) is 1.58. The van der Waals surface area contributed by atoms with E-state index in [1.165, 1.54) is 0 Å². The molecule has 1 aliphatic rings. The largest absolute Gasteiger partial charge is 0.497 e. The lowest BCUT2D eigenvalue weighted by Gasteiger charge is -2.26. The summed E-state index contributed by atoms with van der Waals surface area (Å²) in [5, 5.41) is 3.51. The number of fused-ring (bicyclic) bond motifs is 1. The van der Waals surface area contributed by atoms with Crippen molar-refractivity contribution in [3.63, 3.8) is 0 Å². The van der Waals surface area contributed by atoms with E-state index in [0.29, 0.717) is 37.6 Å². The molecule has 7 nitrogen and oxygen atoms in total. The highest BCUT2D eigenvalue weighted by atomic mass is 16.5. The fourth-order valence-electron chi connectivity index (χ4n) is 2.60. The van der Waals surface area contributed by atoms with Crippen molar-refractivity contribution in [1.29, 1.82) is 0 Å². The van der Waals surface area contributed by atoms with Crippen LogP contribution in [0.4, 0.5) is 0 Å². The van der Waals surface area contributed by atoms with E-state index < -0.39 is 0 Å². The highest BCUT2D eigenvalue weighted by Gasteiger charge is 2.17. The molecule has 0 atom stereocenters. The minimum atomic E-state index is -0.333. The number of morpholine rings is 1. The Morgan fingerprint density at radius 1 is 1.25 bits per heavy atom. The first-order chi connectivity index (χ1) is 11.7. The molecule has 0 radical (unpaired) electrons. The van der Waals surface area contributed by atoms with Crippen LogP contribution in [0.3, 0.4) is 0 Å². The molecule has 1 saturated heterocycles. The lowest BCUT2D eigenvalue weighted by molar-refractivity contribution is -0.135.